The number of hydrogen-bond donors (Lipinski definition) is 2. The number of rotatable bonds is 6. The van der Waals surface area contributed by atoms with E-state index in [-0.39, 0.29) is 0 Å². The van der Waals surface area contributed by atoms with Crippen molar-refractivity contribution >= 4 is 33.4 Å². The molecule has 0 aliphatic carbocycles. The van der Waals surface area contributed by atoms with Crippen molar-refractivity contribution in [3.63, 3.8) is 0 Å². The van der Waals surface area contributed by atoms with Gasteiger partial charge in [-0.2, -0.15) is 11.8 Å². The van der Waals surface area contributed by atoms with Crippen molar-refractivity contribution in [2.75, 3.05) is 23.9 Å². The molecule has 1 unspecified atom stereocenters. The monoisotopic (exact) mass is 316 g/mol. The summed E-state index contributed by atoms with van der Waals surface area (Å²) in [6.07, 6.45) is 3.23. The van der Waals surface area contributed by atoms with E-state index >= 15 is 0 Å². The first-order valence-corrected chi connectivity index (χ1v) is 7.99. The Balaban J connectivity index is 2.72. The van der Waals surface area contributed by atoms with Crippen LogP contribution < -0.4 is 11.1 Å². The number of hydrogen-bond acceptors (Lipinski definition) is 3. The first-order chi connectivity index (χ1) is 8.08. The van der Waals surface area contributed by atoms with Gasteiger partial charge in [0.05, 0.1) is 0 Å². The predicted molar refractivity (Wildman–Crippen MR) is 83.1 cm³/mol. The molecule has 1 atom stereocenters. The second-order valence-electron chi connectivity index (χ2n) is 4.28. The van der Waals surface area contributed by atoms with Gasteiger partial charge >= 0.3 is 0 Å². The number of halogens is 1. The molecule has 0 bridgehead atoms. The van der Waals surface area contributed by atoms with Gasteiger partial charge in [0.25, 0.3) is 0 Å². The van der Waals surface area contributed by atoms with Crippen LogP contribution >= 0.6 is 27.7 Å². The lowest BCUT2D eigenvalue weighted by molar-refractivity contribution is 0.709. The number of nitrogens with two attached hydrogens (primary N) is 1. The molecule has 1 aromatic rings. The second kappa shape index (κ2) is 7.29. The molecule has 0 aromatic heterocycles. The highest BCUT2D eigenvalue weighted by molar-refractivity contribution is 9.10. The van der Waals surface area contributed by atoms with Crippen LogP contribution in [0.15, 0.2) is 16.6 Å². The van der Waals surface area contributed by atoms with Crippen molar-refractivity contribution in [1.82, 2.24) is 0 Å². The highest BCUT2D eigenvalue weighted by Crippen LogP contribution is 2.25. The molecule has 0 spiro atoms. The van der Waals surface area contributed by atoms with Crippen LogP contribution in [0.2, 0.25) is 0 Å². The summed E-state index contributed by atoms with van der Waals surface area (Å²) in [7, 11) is 0. The van der Waals surface area contributed by atoms with Crippen LogP contribution in [0.3, 0.4) is 0 Å². The van der Waals surface area contributed by atoms with Crippen LogP contribution in [0.5, 0.6) is 0 Å². The van der Waals surface area contributed by atoms with E-state index in [1.54, 1.807) is 0 Å². The van der Waals surface area contributed by atoms with Gasteiger partial charge in [0, 0.05) is 22.7 Å². The van der Waals surface area contributed by atoms with Gasteiger partial charge in [-0.05, 0) is 55.5 Å². The number of aryl methyl sites for hydroxylation is 2. The number of benzene rings is 1. The molecule has 0 aliphatic heterocycles. The molecule has 4 heteroatoms. The third kappa shape index (κ3) is 4.53. The zero-order valence-corrected chi connectivity index (χ0v) is 13.1. The maximum Gasteiger partial charge on any atom is 0.0391 e. The molecule has 0 radical (unpaired) electrons. The Morgan fingerprint density at radius 3 is 2.41 bits per heavy atom. The first-order valence-electron chi connectivity index (χ1n) is 5.80. The average molecular weight is 317 g/mol. The van der Waals surface area contributed by atoms with Crippen LogP contribution in [-0.4, -0.2) is 24.6 Å². The third-order valence-corrected chi connectivity index (χ3v) is 4.66. The lowest BCUT2D eigenvalue weighted by Crippen LogP contribution is -2.29. The van der Waals surface area contributed by atoms with E-state index in [9.17, 15) is 0 Å². The smallest absolute Gasteiger partial charge is 0.0391 e. The highest BCUT2D eigenvalue weighted by Gasteiger charge is 2.08. The van der Waals surface area contributed by atoms with Crippen molar-refractivity contribution in [2.45, 2.75) is 26.3 Å². The molecule has 2 nitrogen and oxygen atoms in total. The van der Waals surface area contributed by atoms with Crippen LogP contribution in [0.25, 0.3) is 0 Å². The summed E-state index contributed by atoms with van der Waals surface area (Å²) in [6.45, 7) is 4.90. The van der Waals surface area contributed by atoms with E-state index in [2.05, 4.69) is 53.5 Å². The summed E-state index contributed by atoms with van der Waals surface area (Å²) in [6, 6.07) is 4.69. The third-order valence-electron chi connectivity index (χ3n) is 2.76. The van der Waals surface area contributed by atoms with Crippen molar-refractivity contribution in [3.8, 4) is 0 Å². The molecule has 1 aromatic carbocycles. The summed E-state index contributed by atoms with van der Waals surface area (Å²) in [5.41, 5.74) is 9.47. The topological polar surface area (TPSA) is 38.0 Å². The van der Waals surface area contributed by atoms with Gasteiger partial charge in [0.2, 0.25) is 0 Å². The zero-order chi connectivity index (χ0) is 12.8. The quantitative estimate of drug-likeness (QED) is 0.842. The average Bonchev–Trinajstić information content (AvgIpc) is 2.31. The number of thioether (sulfide) groups is 1. The summed E-state index contributed by atoms with van der Waals surface area (Å²) in [4.78, 5) is 0. The van der Waals surface area contributed by atoms with Gasteiger partial charge in [0.15, 0.2) is 0 Å². The van der Waals surface area contributed by atoms with Crippen LogP contribution in [0.1, 0.15) is 17.5 Å². The van der Waals surface area contributed by atoms with Gasteiger partial charge in [-0.15, -0.1) is 0 Å². The minimum absolute atomic E-state index is 0.363. The Hall–Kier alpha value is -0.190. The predicted octanol–water partition coefficient (Wildman–Crippen LogP) is 3.56. The Morgan fingerprint density at radius 1 is 1.35 bits per heavy atom. The van der Waals surface area contributed by atoms with E-state index in [1.807, 2.05) is 11.8 Å². The molecule has 0 aliphatic rings. The standard InChI is InChI=1S/C13H21BrN2S/c1-9-6-12(7-10(2)13(9)14)16-11(8-15)4-5-17-3/h6-7,11,16H,4-5,8,15H2,1-3H3. The largest absolute Gasteiger partial charge is 0.381 e. The van der Waals surface area contributed by atoms with Crippen LogP contribution in [-0.2, 0) is 0 Å². The first kappa shape index (κ1) is 14.9. The minimum Gasteiger partial charge on any atom is -0.381 e. The van der Waals surface area contributed by atoms with Gasteiger partial charge in [-0.25, -0.2) is 0 Å². The fraction of sp³-hybridized carbons (Fsp3) is 0.538. The normalized spacial score (nSPS) is 12.5. The van der Waals surface area contributed by atoms with E-state index < -0.39 is 0 Å². The van der Waals surface area contributed by atoms with Gasteiger partial charge < -0.3 is 11.1 Å². The SMILES string of the molecule is CSCCC(CN)Nc1cc(C)c(Br)c(C)c1. The van der Waals surface area contributed by atoms with Crippen LogP contribution in [0, 0.1) is 13.8 Å². The lowest BCUT2D eigenvalue weighted by atomic mass is 10.1. The lowest BCUT2D eigenvalue weighted by Gasteiger charge is -2.19. The molecule has 96 valence electrons. The fourth-order valence-corrected chi connectivity index (χ4v) is 2.52. The molecule has 1 rings (SSSR count). The van der Waals surface area contributed by atoms with E-state index in [1.165, 1.54) is 21.3 Å². The van der Waals surface area contributed by atoms with E-state index in [0.29, 0.717) is 12.6 Å². The second-order valence-corrected chi connectivity index (χ2v) is 6.06. The molecule has 0 saturated carbocycles. The summed E-state index contributed by atoms with van der Waals surface area (Å²) in [5.74, 6) is 1.14. The van der Waals surface area contributed by atoms with Crippen molar-refractivity contribution in [2.24, 2.45) is 5.73 Å². The number of nitrogens with one attached hydrogen (secondary N) is 1. The molecule has 0 saturated heterocycles. The molecule has 17 heavy (non-hydrogen) atoms. The molecular formula is C13H21BrN2S. The van der Waals surface area contributed by atoms with Crippen molar-refractivity contribution in [1.29, 1.82) is 0 Å². The van der Waals surface area contributed by atoms with Gasteiger partial charge in [-0.3, -0.25) is 0 Å². The maximum atomic E-state index is 5.79. The Bertz CT molecular complexity index is 345. The highest BCUT2D eigenvalue weighted by atomic mass is 79.9. The zero-order valence-electron chi connectivity index (χ0n) is 10.7. The maximum absolute atomic E-state index is 5.79. The minimum atomic E-state index is 0.363. The van der Waals surface area contributed by atoms with Gasteiger partial charge in [0.1, 0.15) is 0 Å². The van der Waals surface area contributed by atoms with E-state index in [4.69, 9.17) is 5.73 Å². The molecule has 0 heterocycles. The molecule has 0 amide bonds. The Labute approximate surface area is 117 Å². The van der Waals surface area contributed by atoms with Crippen LogP contribution in [0.4, 0.5) is 5.69 Å². The molecular weight excluding hydrogens is 296 g/mol. The Morgan fingerprint density at radius 2 is 1.94 bits per heavy atom. The Kier molecular flexibility index (Phi) is 6.38. The summed E-state index contributed by atoms with van der Waals surface area (Å²) >= 11 is 5.44. The summed E-state index contributed by atoms with van der Waals surface area (Å²) in [5, 5.41) is 3.51. The van der Waals surface area contributed by atoms with Gasteiger partial charge in [-0.1, -0.05) is 15.9 Å². The summed E-state index contributed by atoms with van der Waals surface area (Å²) < 4.78 is 1.19. The number of anilines is 1. The van der Waals surface area contributed by atoms with E-state index in [0.717, 1.165) is 12.2 Å². The van der Waals surface area contributed by atoms with Crippen molar-refractivity contribution in [3.05, 3.63) is 27.7 Å². The fourth-order valence-electron chi connectivity index (χ4n) is 1.77. The molecule has 3 N–H and O–H groups in total. The van der Waals surface area contributed by atoms with Crippen molar-refractivity contribution < 1.29 is 0 Å². The molecule has 0 fully saturated rings.